The first-order chi connectivity index (χ1) is 14.1. The molecule has 5 rings (SSSR count). The minimum atomic E-state index is -1.12. The van der Waals surface area contributed by atoms with Crippen LogP contribution < -0.4 is 9.80 Å². The fourth-order valence-corrected chi connectivity index (χ4v) is 6.11. The quantitative estimate of drug-likeness (QED) is 0.799. The Morgan fingerprint density at radius 3 is 2.55 bits per heavy atom. The molecule has 1 saturated carbocycles. The van der Waals surface area contributed by atoms with Crippen LogP contribution in [0.2, 0.25) is 5.02 Å². The van der Waals surface area contributed by atoms with Gasteiger partial charge in [0.15, 0.2) is 0 Å². The molecule has 3 aliphatic rings. The molecule has 2 fully saturated rings. The monoisotopic (exact) mass is 432 g/mol. The Morgan fingerprint density at radius 2 is 1.93 bits per heavy atom. The number of aliphatic hydroxyl groups excluding tert-OH is 1. The number of hydrogen-bond donors (Lipinski definition) is 1. The smallest absolute Gasteiger partial charge is 0.150 e. The number of aromatic nitrogens is 2. The van der Waals surface area contributed by atoms with Crippen molar-refractivity contribution >= 4 is 33.9 Å². The second-order valence-electron chi connectivity index (χ2n) is 8.29. The number of nitrogens with zero attached hydrogens (tertiary/aromatic N) is 4. The first kappa shape index (κ1) is 19.3. The van der Waals surface area contributed by atoms with Gasteiger partial charge < -0.3 is 14.9 Å². The van der Waals surface area contributed by atoms with Gasteiger partial charge in [0.1, 0.15) is 22.4 Å². The van der Waals surface area contributed by atoms with Crippen molar-refractivity contribution in [3.63, 3.8) is 0 Å². The van der Waals surface area contributed by atoms with Crippen LogP contribution in [0.25, 0.3) is 0 Å². The lowest BCUT2D eigenvalue weighted by Gasteiger charge is -2.47. The van der Waals surface area contributed by atoms with Crippen LogP contribution in [-0.4, -0.2) is 50.4 Å². The maximum Gasteiger partial charge on any atom is 0.150 e. The van der Waals surface area contributed by atoms with E-state index in [2.05, 4.69) is 26.9 Å². The van der Waals surface area contributed by atoms with Crippen molar-refractivity contribution < 1.29 is 9.32 Å². The average molecular weight is 433 g/mol. The molecule has 1 N–H and O–H groups in total. The Bertz CT molecular complexity index is 921. The summed E-state index contributed by atoms with van der Waals surface area (Å²) in [6.45, 7) is 1.98. The Kier molecular flexibility index (Phi) is 5.00. The zero-order valence-corrected chi connectivity index (χ0v) is 17.8. The molecule has 0 spiro atoms. The van der Waals surface area contributed by atoms with E-state index >= 15 is 0 Å². The Labute approximate surface area is 178 Å². The summed E-state index contributed by atoms with van der Waals surface area (Å²) in [5.74, 6) is 2.34. The number of piperidine rings is 1. The molecular formula is C21H25ClN4O2S. The zero-order chi connectivity index (χ0) is 20.0. The van der Waals surface area contributed by atoms with Crippen molar-refractivity contribution in [2.45, 2.75) is 48.5 Å². The molecule has 0 bridgehead atoms. The maximum absolute atomic E-state index is 12.6. The summed E-state index contributed by atoms with van der Waals surface area (Å²) in [6.07, 6.45) is 6.67. The summed E-state index contributed by atoms with van der Waals surface area (Å²) in [6, 6.07) is 7.99. The van der Waals surface area contributed by atoms with Crippen LogP contribution in [0.4, 0.5) is 11.5 Å². The van der Waals surface area contributed by atoms with E-state index in [1.54, 1.807) is 6.20 Å². The van der Waals surface area contributed by atoms with Crippen molar-refractivity contribution in [3.05, 3.63) is 41.3 Å². The maximum atomic E-state index is 12.6. The van der Waals surface area contributed by atoms with Gasteiger partial charge in [-0.15, -0.1) is 0 Å². The van der Waals surface area contributed by atoms with E-state index < -0.39 is 10.8 Å². The standard InChI is InChI=1S/C21H25ClN4O2S/c22-16-2-4-17(5-3-16)25-10-6-15(7-11-25)19-23-12-18-20(24-19)26(14-29(18)28)21(13-27)8-1-9-21/h2-5,12,15,27H,1,6-11,13-14H2. The van der Waals surface area contributed by atoms with E-state index in [1.165, 1.54) is 5.69 Å². The number of fused-ring (bicyclic) bond motifs is 1. The molecule has 2 aromatic rings. The van der Waals surface area contributed by atoms with Gasteiger partial charge in [0.25, 0.3) is 0 Å². The van der Waals surface area contributed by atoms with Crippen molar-refractivity contribution in [2.24, 2.45) is 0 Å². The Balaban J connectivity index is 1.34. The highest BCUT2D eigenvalue weighted by Crippen LogP contribution is 2.44. The molecule has 154 valence electrons. The van der Waals surface area contributed by atoms with E-state index in [1.807, 2.05) is 12.1 Å². The summed E-state index contributed by atoms with van der Waals surface area (Å²) < 4.78 is 12.6. The molecule has 1 aliphatic carbocycles. The van der Waals surface area contributed by atoms with Crippen LogP contribution in [0.5, 0.6) is 0 Å². The van der Waals surface area contributed by atoms with Crippen molar-refractivity contribution in [3.8, 4) is 0 Å². The van der Waals surface area contributed by atoms with Gasteiger partial charge in [-0.2, -0.15) is 0 Å². The highest BCUT2D eigenvalue weighted by Gasteiger charge is 2.47. The predicted octanol–water partition coefficient (Wildman–Crippen LogP) is 3.31. The van der Waals surface area contributed by atoms with Crippen LogP contribution in [0, 0.1) is 0 Å². The van der Waals surface area contributed by atoms with Gasteiger partial charge >= 0.3 is 0 Å². The minimum Gasteiger partial charge on any atom is -0.394 e. The van der Waals surface area contributed by atoms with Crippen molar-refractivity contribution in [2.75, 3.05) is 35.4 Å². The molecule has 1 saturated heterocycles. The molecule has 3 heterocycles. The van der Waals surface area contributed by atoms with Crippen molar-refractivity contribution in [1.82, 2.24) is 9.97 Å². The van der Waals surface area contributed by atoms with E-state index in [-0.39, 0.29) is 12.1 Å². The predicted molar refractivity (Wildman–Crippen MR) is 115 cm³/mol. The summed E-state index contributed by atoms with van der Waals surface area (Å²) in [7, 11) is -1.12. The molecule has 1 aromatic heterocycles. The minimum absolute atomic E-state index is 0.0858. The van der Waals surface area contributed by atoms with Gasteiger partial charge in [-0.1, -0.05) is 11.6 Å². The fourth-order valence-electron chi connectivity index (χ4n) is 4.68. The number of halogens is 1. The number of rotatable bonds is 4. The lowest BCUT2D eigenvalue weighted by atomic mass is 9.76. The van der Waals surface area contributed by atoms with Gasteiger partial charge in [-0.3, -0.25) is 4.21 Å². The van der Waals surface area contributed by atoms with Crippen LogP contribution in [0.3, 0.4) is 0 Å². The molecule has 2 aliphatic heterocycles. The lowest BCUT2D eigenvalue weighted by Crippen LogP contribution is -2.56. The van der Waals surface area contributed by atoms with Gasteiger partial charge in [-0.05, 0) is 56.4 Å². The van der Waals surface area contributed by atoms with Crippen LogP contribution in [-0.2, 0) is 10.8 Å². The lowest BCUT2D eigenvalue weighted by molar-refractivity contribution is 0.119. The summed E-state index contributed by atoms with van der Waals surface area (Å²) in [4.78, 5) is 14.7. The third-order valence-electron chi connectivity index (χ3n) is 6.71. The topological polar surface area (TPSA) is 69.6 Å². The van der Waals surface area contributed by atoms with E-state index in [9.17, 15) is 9.32 Å². The summed E-state index contributed by atoms with van der Waals surface area (Å²) in [5.41, 5.74) is 0.906. The Hall–Kier alpha value is -1.70. The number of aliphatic hydroxyl groups is 1. The van der Waals surface area contributed by atoms with Gasteiger partial charge in [-0.25, -0.2) is 9.97 Å². The summed E-state index contributed by atoms with van der Waals surface area (Å²) >= 11 is 6.00. The van der Waals surface area contributed by atoms with E-state index in [0.717, 1.165) is 61.9 Å². The highest BCUT2D eigenvalue weighted by molar-refractivity contribution is 7.85. The molecule has 6 nitrogen and oxygen atoms in total. The number of anilines is 2. The number of hydrogen-bond acceptors (Lipinski definition) is 6. The first-order valence-electron chi connectivity index (χ1n) is 10.2. The first-order valence-corrected chi connectivity index (χ1v) is 11.9. The van der Waals surface area contributed by atoms with E-state index in [0.29, 0.717) is 16.7 Å². The highest BCUT2D eigenvalue weighted by atomic mass is 35.5. The van der Waals surface area contributed by atoms with Gasteiger partial charge in [0, 0.05) is 35.9 Å². The van der Waals surface area contributed by atoms with Crippen molar-refractivity contribution in [1.29, 1.82) is 0 Å². The zero-order valence-electron chi connectivity index (χ0n) is 16.3. The fraction of sp³-hybridized carbons (Fsp3) is 0.524. The molecule has 1 unspecified atom stereocenters. The SMILES string of the molecule is O=S1CN(C2(CO)CCC2)c2nc(C3CCN(c4ccc(Cl)cc4)CC3)ncc21. The van der Waals surface area contributed by atoms with Gasteiger partial charge in [0.05, 0.1) is 22.9 Å². The normalized spacial score (nSPS) is 23.7. The molecule has 29 heavy (non-hydrogen) atoms. The molecule has 1 atom stereocenters. The third-order valence-corrected chi connectivity index (χ3v) is 8.23. The molecular weight excluding hydrogens is 408 g/mol. The van der Waals surface area contributed by atoms with Crippen LogP contribution in [0.1, 0.15) is 43.8 Å². The average Bonchev–Trinajstić information content (AvgIpc) is 3.05. The molecule has 0 radical (unpaired) electrons. The Morgan fingerprint density at radius 1 is 1.21 bits per heavy atom. The largest absolute Gasteiger partial charge is 0.394 e. The summed E-state index contributed by atoms with van der Waals surface area (Å²) in [5, 5.41) is 10.7. The van der Waals surface area contributed by atoms with Gasteiger partial charge in [0.2, 0.25) is 0 Å². The number of benzene rings is 1. The second-order valence-corrected chi connectivity index (χ2v) is 10.1. The second kappa shape index (κ2) is 7.52. The molecule has 0 amide bonds. The van der Waals surface area contributed by atoms with E-state index in [4.69, 9.17) is 16.6 Å². The van der Waals surface area contributed by atoms with Crippen LogP contribution in [0.15, 0.2) is 35.4 Å². The molecule has 1 aromatic carbocycles. The molecule has 8 heteroatoms. The van der Waals surface area contributed by atoms with Crippen LogP contribution >= 0.6 is 11.6 Å². The third kappa shape index (κ3) is 3.33.